The molecule has 174 valence electrons. The molecule has 0 unspecified atom stereocenters. The van der Waals surface area contributed by atoms with Crippen LogP contribution in [0.1, 0.15) is 36.8 Å². The van der Waals surface area contributed by atoms with E-state index in [1.807, 2.05) is 50.2 Å². The van der Waals surface area contributed by atoms with Crippen LogP contribution in [-0.4, -0.2) is 58.4 Å². The average molecular weight is 453 g/mol. The van der Waals surface area contributed by atoms with E-state index in [0.717, 1.165) is 16.9 Å². The molecule has 0 saturated heterocycles. The molecule has 1 aromatic heterocycles. The minimum Gasteiger partial charge on any atom is -0.493 e. The molecule has 4 rings (SSSR count). The van der Waals surface area contributed by atoms with Crippen molar-refractivity contribution >= 4 is 5.91 Å². The van der Waals surface area contributed by atoms with Gasteiger partial charge in [-0.3, -0.25) is 4.79 Å². The fourth-order valence-electron chi connectivity index (χ4n) is 3.93. The third-order valence-electron chi connectivity index (χ3n) is 5.37. The maximum atomic E-state index is 13.2. The first-order chi connectivity index (χ1) is 15.9. The van der Waals surface area contributed by atoms with Gasteiger partial charge in [-0.1, -0.05) is 12.1 Å². The van der Waals surface area contributed by atoms with Crippen molar-refractivity contribution in [1.29, 1.82) is 0 Å². The van der Waals surface area contributed by atoms with E-state index in [-0.39, 0.29) is 18.6 Å². The Morgan fingerprint density at radius 1 is 1.03 bits per heavy atom. The molecule has 0 radical (unpaired) electrons. The maximum absolute atomic E-state index is 13.2. The minimum absolute atomic E-state index is 0.0673. The highest BCUT2D eigenvalue weighted by atomic mass is 16.5. The molecule has 1 amide bonds. The van der Waals surface area contributed by atoms with Crippen LogP contribution >= 0.6 is 0 Å². The lowest BCUT2D eigenvalue weighted by Crippen LogP contribution is -2.43. The number of ether oxygens (including phenoxy) is 4. The van der Waals surface area contributed by atoms with Crippen LogP contribution in [0.3, 0.4) is 0 Å². The predicted molar refractivity (Wildman–Crippen MR) is 119 cm³/mol. The lowest BCUT2D eigenvalue weighted by molar-refractivity contribution is -0.136. The Morgan fingerprint density at radius 2 is 1.70 bits per heavy atom. The summed E-state index contributed by atoms with van der Waals surface area (Å²) >= 11 is 0. The molecule has 1 aliphatic heterocycles. The van der Waals surface area contributed by atoms with Crippen molar-refractivity contribution in [3.8, 4) is 23.0 Å². The predicted octanol–water partition coefficient (Wildman–Crippen LogP) is 2.62. The van der Waals surface area contributed by atoms with Gasteiger partial charge in [0, 0.05) is 6.54 Å². The molecule has 3 aromatic rings. The van der Waals surface area contributed by atoms with E-state index in [4.69, 9.17) is 18.9 Å². The van der Waals surface area contributed by atoms with Gasteiger partial charge < -0.3 is 23.8 Å². The van der Waals surface area contributed by atoms with Gasteiger partial charge in [-0.2, -0.15) is 0 Å². The van der Waals surface area contributed by atoms with Gasteiger partial charge in [-0.25, -0.2) is 4.68 Å². The molecule has 10 nitrogen and oxygen atoms in total. The second-order valence-electron chi connectivity index (χ2n) is 7.89. The van der Waals surface area contributed by atoms with Crippen molar-refractivity contribution in [3.63, 3.8) is 0 Å². The number of hydrogen-bond donors (Lipinski definition) is 0. The van der Waals surface area contributed by atoms with E-state index in [1.54, 1.807) is 26.2 Å². The van der Waals surface area contributed by atoms with Crippen molar-refractivity contribution in [3.05, 3.63) is 53.3 Å². The van der Waals surface area contributed by atoms with E-state index in [0.29, 0.717) is 29.6 Å². The number of hydrogen-bond acceptors (Lipinski definition) is 8. The zero-order valence-corrected chi connectivity index (χ0v) is 19.3. The molecule has 0 aliphatic carbocycles. The Hall–Kier alpha value is -3.82. The average Bonchev–Trinajstić information content (AvgIpc) is 3.27. The zero-order chi connectivity index (χ0) is 23.5. The number of fused-ring (bicyclic) bond motifs is 1. The summed E-state index contributed by atoms with van der Waals surface area (Å²) in [5, 5.41) is 12.0. The lowest BCUT2D eigenvalue weighted by Gasteiger charge is -2.35. The fourth-order valence-corrected chi connectivity index (χ4v) is 3.93. The number of tetrazole rings is 1. The lowest BCUT2D eigenvalue weighted by atomic mass is 10.00. The van der Waals surface area contributed by atoms with Gasteiger partial charge in [0.1, 0.15) is 18.3 Å². The second-order valence-corrected chi connectivity index (χ2v) is 7.89. The van der Waals surface area contributed by atoms with Crippen LogP contribution in [0.4, 0.5) is 0 Å². The van der Waals surface area contributed by atoms with E-state index in [1.165, 1.54) is 4.68 Å². The van der Waals surface area contributed by atoms with Crippen LogP contribution in [-0.2, 0) is 17.9 Å². The first-order valence-electron chi connectivity index (χ1n) is 10.6. The van der Waals surface area contributed by atoms with Crippen LogP contribution in [0, 0.1) is 0 Å². The number of carbonyl (C=O) groups excluding carboxylic acids is 1. The minimum atomic E-state index is -0.540. The molecule has 0 spiro atoms. The monoisotopic (exact) mass is 453 g/mol. The van der Waals surface area contributed by atoms with Crippen molar-refractivity contribution in [2.24, 2.45) is 0 Å². The highest BCUT2D eigenvalue weighted by molar-refractivity contribution is 5.78. The third kappa shape index (κ3) is 4.41. The maximum Gasteiger partial charge on any atom is 0.245 e. The summed E-state index contributed by atoms with van der Waals surface area (Å²) in [6, 6.07) is 10.8. The Labute approximate surface area is 192 Å². The number of benzene rings is 2. The first kappa shape index (κ1) is 22.4. The first-order valence-corrected chi connectivity index (χ1v) is 10.6. The quantitative estimate of drug-likeness (QED) is 0.513. The second kappa shape index (κ2) is 9.35. The fraction of sp³-hybridized carbons (Fsp3) is 0.391. The number of rotatable bonds is 8. The topological polar surface area (TPSA) is 101 Å². The molecule has 0 fully saturated rings. The number of nitrogens with zero attached hydrogens (tertiary/aromatic N) is 5. The SMILES string of the molecule is COc1cc([C@@H]2c3nnnn3CC(=O)N2Cc2ccc(OC(C)C)cc2)cc(OC)c1OC. The molecular formula is C23H27N5O5. The Kier molecular flexibility index (Phi) is 6.34. The molecule has 0 bridgehead atoms. The zero-order valence-electron chi connectivity index (χ0n) is 19.3. The van der Waals surface area contributed by atoms with Crippen LogP contribution < -0.4 is 18.9 Å². The highest BCUT2D eigenvalue weighted by Gasteiger charge is 2.37. The van der Waals surface area contributed by atoms with E-state index in [2.05, 4.69) is 15.5 Å². The molecule has 0 N–H and O–H groups in total. The number of amides is 1. The molecule has 2 aromatic carbocycles. The van der Waals surface area contributed by atoms with Gasteiger partial charge in [-0.05, 0) is 59.7 Å². The summed E-state index contributed by atoms with van der Waals surface area (Å²) in [5.74, 6) is 2.68. The summed E-state index contributed by atoms with van der Waals surface area (Å²) < 4.78 is 23.7. The van der Waals surface area contributed by atoms with Gasteiger partial charge in [0.05, 0.1) is 27.4 Å². The number of aromatic nitrogens is 4. The van der Waals surface area contributed by atoms with E-state index >= 15 is 0 Å². The molecule has 2 heterocycles. The summed E-state index contributed by atoms with van der Waals surface area (Å²) in [6.45, 7) is 4.39. The van der Waals surface area contributed by atoms with E-state index in [9.17, 15) is 4.79 Å². The molecule has 1 aliphatic rings. The standard InChI is InChI=1S/C23H27N5O5/c1-14(2)33-17-8-6-15(7-9-17)12-27-20(29)13-28-23(24-25-26-28)21(27)16-10-18(30-3)22(32-5)19(11-16)31-4/h6-11,14,21H,12-13H2,1-5H3/t21-/m1/s1. The summed E-state index contributed by atoms with van der Waals surface area (Å²) in [4.78, 5) is 14.9. The molecule has 33 heavy (non-hydrogen) atoms. The third-order valence-corrected chi connectivity index (χ3v) is 5.37. The molecule has 0 saturated carbocycles. The Bertz CT molecular complexity index is 1100. The van der Waals surface area contributed by atoms with Crippen molar-refractivity contribution < 1.29 is 23.7 Å². The summed E-state index contributed by atoms with van der Waals surface area (Å²) in [5.41, 5.74) is 1.70. The largest absolute Gasteiger partial charge is 0.493 e. The van der Waals surface area contributed by atoms with Crippen LogP contribution in [0.25, 0.3) is 0 Å². The van der Waals surface area contributed by atoms with Gasteiger partial charge in [0.2, 0.25) is 11.7 Å². The summed E-state index contributed by atoms with van der Waals surface area (Å²) in [7, 11) is 4.65. The van der Waals surface area contributed by atoms with Crippen molar-refractivity contribution in [2.45, 2.75) is 39.1 Å². The molecule has 1 atom stereocenters. The van der Waals surface area contributed by atoms with Crippen LogP contribution in [0.15, 0.2) is 36.4 Å². The molecule has 10 heteroatoms. The van der Waals surface area contributed by atoms with Gasteiger partial charge in [0.15, 0.2) is 17.3 Å². The van der Waals surface area contributed by atoms with Crippen LogP contribution in [0.5, 0.6) is 23.0 Å². The van der Waals surface area contributed by atoms with Crippen molar-refractivity contribution in [2.75, 3.05) is 21.3 Å². The smallest absolute Gasteiger partial charge is 0.245 e. The van der Waals surface area contributed by atoms with Crippen molar-refractivity contribution in [1.82, 2.24) is 25.1 Å². The molecular weight excluding hydrogens is 426 g/mol. The van der Waals surface area contributed by atoms with Crippen LogP contribution in [0.2, 0.25) is 0 Å². The number of methoxy groups -OCH3 is 3. The van der Waals surface area contributed by atoms with E-state index < -0.39 is 6.04 Å². The normalized spacial score (nSPS) is 15.4. The van der Waals surface area contributed by atoms with Gasteiger partial charge in [0.25, 0.3) is 0 Å². The summed E-state index contributed by atoms with van der Waals surface area (Å²) in [6.07, 6.45) is 0.0859. The van der Waals surface area contributed by atoms with Gasteiger partial charge >= 0.3 is 0 Å². The highest BCUT2D eigenvalue weighted by Crippen LogP contribution is 2.43. The number of carbonyl (C=O) groups is 1. The Balaban J connectivity index is 1.75. The Morgan fingerprint density at radius 3 is 2.27 bits per heavy atom. The van der Waals surface area contributed by atoms with Gasteiger partial charge in [-0.15, -0.1) is 5.10 Å².